The molecule has 0 unspecified atom stereocenters. The lowest BCUT2D eigenvalue weighted by Gasteiger charge is -2.35. The molecule has 1 fully saturated rings. The molecule has 5 N–H and O–H groups in total. The molecule has 1 saturated heterocycles. The second-order valence-electron chi connectivity index (χ2n) is 8.31. The quantitative estimate of drug-likeness (QED) is 0.252. The Bertz CT molecular complexity index is 1180. The number of rotatable bonds is 9. The first-order chi connectivity index (χ1) is 16.7. The lowest BCUT2D eigenvalue weighted by Crippen LogP contribution is -2.43. The summed E-state index contributed by atoms with van der Waals surface area (Å²) in [5.41, 5.74) is 2.93. The maximum absolute atomic E-state index is 13.1. The zero-order valence-electron chi connectivity index (χ0n) is 19.4. The Morgan fingerprint density at radius 1 is 1.09 bits per heavy atom. The van der Waals surface area contributed by atoms with E-state index in [1.165, 1.54) is 11.3 Å². The number of hydrogen-bond acceptors (Lipinski definition) is 7. The summed E-state index contributed by atoms with van der Waals surface area (Å²) in [4.78, 5) is 37.0. The number of nitrogens with one attached hydrogen (secondary N) is 4. The first-order valence-corrected chi connectivity index (χ1v) is 13.8. The normalized spacial score (nSPS) is 18.9. The fourth-order valence-corrected chi connectivity index (χ4v) is 7.91. The third kappa shape index (κ3) is 6.38. The minimum Gasteiger partial charge on any atom is -0.338 e. The van der Waals surface area contributed by atoms with Crippen LogP contribution >= 0.6 is 11.3 Å². The molecule has 0 radical (unpaired) electrons. The molecule has 35 heavy (non-hydrogen) atoms. The maximum Gasteiger partial charge on any atom is 0.314 e. The minimum absolute atomic E-state index is 0.00454. The number of carbonyl (C=O) groups excluding carboxylic acids is 3. The van der Waals surface area contributed by atoms with Gasteiger partial charge >= 0.3 is 6.03 Å². The summed E-state index contributed by atoms with van der Waals surface area (Å²) in [5.74, 6) is -1.00. The number of sulfone groups is 1. The summed E-state index contributed by atoms with van der Waals surface area (Å²) < 4.78 is 24.8. The van der Waals surface area contributed by atoms with Crippen LogP contribution in [0.15, 0.2) is 36.4 Å². The van der Waals surface area contributed by atoms with Crippen molar-refractivity contribution in [3.63, 3.8) is 0 Å². The SMILES string of the molecule is CCNC(=O)NCCC(=O)Nc1cccc(-c2ccc([C@@]3(CC(=O)NO)CCCCS3(=O)=O)s2)c1. The van der Waals surface area contributed by atoms with Gasteiger partial charge in [-0.05, 0) is 49.6 Å². The van der Waals surface area contributed by atoms with E-state index in [0.29, 0.717) is 36.4 Å². The van der Waals surface area contributed by atoms with Crippen molar-refractivity contribution in [3.05, 3.63) is 41.3 Å². The molecule has 1 aromatic carbocycles. The van der Waals surface area contributed by atoms with Crippen molar-refractivity contribution in [1.82, 2.24) is 16.1 Å². The fourth-order valence-electron chi connectivity index (χ4n) is 4.14. The van der Waals surface area contributed by atoms with Gasteiger partial charge in [0.1, 0.15) is 4.75 Å². The zero-order chi connectivity index (χ0) is 25.5. The number of urea groups is 1. The highest BCUT2D eigenvalue weighted by Crippen LogP contribution is 2.47. The molecule has 3 rings (SSSR count). The lowest BCUT2D eigenvalue weighted by atomic mass is 9.94. The third-order valence-corrected chi connectivity index (χ3v) is 9.92. The fraction of sp³-hybridized carbons (Fsp3) is 0.435. The van der Waals surface area contributed by atoms with E-state index < -0.39 is 20.5 Å². The Labute approximate surface area is 208 Å². The minimum atomic E-state index is -3.61. The van der Waals surface area contributed by atoms with Gasteiger partial charge in [0.05, 0.1) is 12.2 Å². The van der Waals surface area contributed by atoms with Crippen molar-refractivity contribution in [1.29, 1.82) is 0 Å². The molecule has 1 aliphatic rings. The van der Waals surface area contributed by atoms with Gasteiger partial charge in [0, 0.05) is 35.0 Å². The summed E-state index contributed by atoms with van der Waals surface area (Å²) in [6.45, 7) is 2.50. The van der Waals surface area contributed by atoms with Gasteiger partial charge in [0.15, 0.2) is 9.84 Å². The second kappa shape index (κ2) is 11.6. The molecular weight excluding hydrogens is 492 g/mol. The molecule has 0 spiro atoms. The molecule has 0 aliphatic carbocycles. The van der Waals surface area contributed by atoms with Crippen LogP contribution in [0.25, 0.3) is 10.4 Å². The smallest absolute Gasteiger partial charge is 0.314 e. The van der Waals surface area contributed by atoms with Crippen LogP contribution in [0.2, 0.25) is 0 Å². The van der Waals surface area contributed by atoms with E-state index in [4.69, 9.17) is 5.21 Å². The average molecular weight is 523 g/mol. The Balaban J connectivity index is 1.77. The summed E-state index contributed by atoms with van der Waals surface area (Å²) >= 11 is 1.29. The van der Waals surface area contributed by atoms with E-state index in [2.05, 4.69) is 16.0 Å². The summed E-state index contributed by atoms with van der Waals surface area (Å²) in [6.07, 6.45) is 1.29. The van der Waals surface area contributed by atoms with E-state index in [9.17, 15) is 22.8 Å². The van der Waals surface area contributed by atoms with Crippen LogP contribution in [-0.2, 0) is 24.2 Å². The Morgan fingerprint density at radius 2 is 1.89 bits per heavy atom. The Kier molecular flexibility index (Phi) is 8.87. The molecule has 0 bridgehead atoms. The largest absolute Gasteiger partial charge is 0.338 e. The first kappa shape index (κ1) is 26.6. The van der Waals surface area contributed by atoms with Gasteiger partial charge in [-0.15, -0.1) is 11.3 Å². The molecule has 1 atom stereocenters. The van der Waals surface area contributed by atoms with Gasteiger partial charge in [0.2, 0.25) is 11.8 Å². The van der Waals surface area contributed by atoms with Crippen LogP contribution in [0.1, 0.15) is 43.9 Å². The second-order valence-corrected chi connectivity index (χ2v) is 11.8. The molecule has 10 nitrogen and oxygen atoms in total. The van der Waals surface area contributed by atoms with Crippen LogP contribution in [0.4, 0.5) is 10.5 Å². The van der Waals surface area contributed by atoms with Gasteiger partial charge in [-0.25, -0.2) is 18.7 Å². The molecule has 4 amide bonds. The summed E-state index contributed by atoms with van der Waals surface area (Å²) in [5, 5.41) is 17.0. The Hall–Kier alpha value is -2.96. The topological polar surface area (TPSA) is 154 Å². The molecule has 1 aliphatic heterocycles. The highest BCUT2D eigenvalue weighted by Gasteiger charge is 2.49. The number of anilines is 1. The maximum atomic E-state index is 13.1. The van der Waals surface area contributed by atoms with Crippen LogP contribution < -0.4 is 21.4 Å². The number of amides is 4. The lowest BCUT2D eigenvalue weighted by molar-refractivity contribution is -0.130. The van der Waals surface area contributed by atoms with Crippen LogP contribution in [-0.4, -0.2) is 50.3 Å². The van der Waals surface area contributed by atoms with E-state index in [-0.39, 0.29) is 37.1 Å². The number of carbonyl (C=O) groups is 3. The third-order valence-electron chi connectivity index (χ3n) is 5.87. The van der Waals surface area contributed by atoms with Crippen LogP contribution in [0.3, 0.4) is 0 Å². The summed E-state index contributed by atoms with van der Waals surface area (Å²) in [6, 6.07) is 10.4. The van der Waals surface area contributed by atoms with Crippen molar-refractivity contribution in [3.8, 4) is 10.4 Å². The van der Waals surface area contributed by atoms with E-state index in [0.717, 1.165) is 10.4 Å². The number of thiophene rings is 1. The van der Waals surface area contributed by atoms with Crippen molar-refractivity contribution < 1.29 is 28.0 Å². The standard InChI is InChI=1S/C23H30N4O6S2/c1-2-24-22(30)25-12-10-20(28)26-17-7-5-6-16(14-17)18-8-9-19(34-18)23(15-21(29)27-31)11-3-4-13-35(23,32)33/h5-9,14,31H,2-4,10-13,15H2,1H3,(H,26,28)(H,27,29)(H2,24,25,30)/t23-/m0/s1. The Morgan fingerprint density at radius 3 is 2.60 bits per heavy atom. The monoisotopic (exact) mass is 522 g/mol. The predicted molar refractivity (Wildman–Crippen MR) is 134 cm³/mol. The van der Waals surface area contributed by atoms with Crippen molar-refractivity contribution >= 4 is 44.7 Å². The van der Waals surface area contributed by atoms with Gasteiger partial charge in [-0.2, -0.15) is 0 Å². The van der Waals surface area contributed by atoms with Gasteiger partial charge in [-0.1, -0.05) is 18.6 Å². The van der Waals surface area contributed by atoms with Crippen molar-refractivity contribution in [2.24, 2.45) is 0 Å². The van der Waals surface area contributed by atoms with Gasteiger partial charge < -0.3 is 16.0 Å². The van der Waals surface area contributed by atoms with E-state index >= 15 is 0 Å². The average Bonchev–Trinajstić information content (AvgIpc) is 3.31. The van der Waals surface area contributed by atoms with E-state index in [1.54, 1.807) is 42.7 Å². The zero-order valence-corrected chi connectivity index (χ0v) is 21.1. The van der Waals surface area contributed by atoms with Crippen molar-refractivity contribution in [2.75, 3.05) is 24.2 Å². The molecule has 0 saturated carbocycles. The van der Waals surface area contributed by atoms with E-state index in [1.807, 2.05) is 6.07 Å². The molecule has 1 aromatic heterocycles. The molecular formula is C23H30N4O6S2. The number of benzene rings is 1. The first-order valence-electron chi connectivity index (χ1n) is 11.4. The number of hydrogen-bond donors (Lipinski definition) is 5. The van der Waals surface area contributed by atoms with Gasteiger partial charge in [-0.3, -0.25) is 14.8 Å². The van der Waals surface area contributed by atoms with Crippen molar-refractivity contribution in [2.45, 2.75) is 43.8 Å². The molecule has 12 heteroatoms. The van der Waals surface area contributed by atoms with Gasteiger partial charge in [0.25, 0.3) is 0 Å². The molecule has 2 aromatic rings. The van der Waals surface area contributed by atoms with Crippen LogP contribution in [0, 0.1) is 0 Å². The summed E-state index contributed by atoms with van der Waals surface area (Å²) in [7, 11) is -3.61. The number of hydroxylamine groups is 1. The predicted octanol–water partition coefficient (Wildman–Crippen LogP) is 2.75. The highest BCUT2D eigenvalue weighted by atomic mass is 32.2. The molecule has 190 valence electrons. The molecule has 2 heterocycles. The highest BCUT2D eigenvalue weighted by molar-refractivity contribution is 7.92. The van der Waals surface area contributed by atoms with Crippen LogP contribution in [0.5, 0.6) is 0 Å².